The highest BCUT2D eigenvalue weighted by atomic mass is 35.5. The number of rotatable bonds is 7. The molecule has 1 amide bonds. The molecule has 3 rings (SSSR count). The molecule has 0 aliphatic heterocycles. The Morgan fingerprint density at radius 2 is 1.93 bits per heavy atom. The van der Waals surface area contributed by atoms with E-state index in [2.05, 4.69) is 10.5 Å². The molecule has 1 N–H and O–H groups in total. The van der Waals surface area contributed by atoms with Crippen molar-refractivity contribution in [1.29, 1.82) is 0 Å². The van der Waals surface area contributed by atoms with Gasteiger partial charge in [-0.1, -0.05) is 23.2 Å². The van der Waals surface area contributed by atoms with Crippen LogP contribution in [0.3, 0.4) is 0 Å². The fourth-order valence-electron chi connectivity index (χ4n) is 2.26. The zero-order valence-electron chi connectivity index (χ0n) is 14.7. The number of hydrazone groups is 1. The fourth-order valence-corrected chi connectivity index (χ4v) is 2.72. The van der Waals surface area contributed by atoms with Crippen molar-refractivity contribution in [1.82, 2.24) is 5.43 Å². The molecule has 1 aromatic heterocycles. The Balaban J connectivity index is 1.52. The summed E-state index contributed by atoms with van der Waals surface area (Å²) in [6, 6.07) is 13.9. The lowest BCUT2D eigenvalue weighted by molar-refractivity contribution is -0.384. The van der Waals surface area contributed by atoms with Gasteiger partial charge in [0.2, 0.25) is 0 Å². The lowest BCUT2D eigenvalue weighted by Gasteiger charge is -2.06. The summed E-state index contributed by atoms with van der Waals surface area (Å²) in [6.45, 7) is -0.287. The number of nitrogens with zero attached hydrogens (tertiary/aromatic N) is 2. The molecule has 3 aromatic rings. The highest BCUT2D eigenvalue weighted by molar-refractivity contribution is 6.35. The molecule has 148 valence electrons. The highest BCUT2D eigenvalue weighted by Gasteiger charge is 2.08. The molecule has 0 aliphatic carbocycles. The van der Waals surface area contributed by atoms with E-state index in [1.54, 1.807) is 36.4 Å². The van der Waals surface area contributed by atoms with Crippen LogP contribution in [0.2, 0.25) is 10.0 Å². The summed E-state index contributed by atoms with van der Waals surface area (Å²) in [7, 11) is 0. The number of nitrogens with one attached hydrogen (secondary N) is 1. The van der Waals surface area contributed by atoms with Crippen LogP contribution in [0.4, 0.5) is 5.69 Å². The minimum atomic E-state index is -0.491. The standard InChI is InChI=1S/C19H13Cl2N3O5/c20-13-3-7-18(16(21)9-13)28-11-19(25)23-22-10-15-6-8-17(29-15)12-1-4-14(5-2-12)24(26)27/h1-10H,11H2,(H,23,25). The quantitative estimate of drug-likeness (QED) is 0.330. The van der Waals surface area contributed by atoms with Crippen LogP contribution >= 0.6 is 23.2 Å². The molecule has 0 saturated carbocycles. The molecule has 8 nitrogen and oxygen atoms in total. The number of amides is 1. The number of carbonyl (C=O) groups is 1. The number of nitro groups is 1. The summed E-state index contributed by atoms with van der Waals surface area (Å²) in [5.41, 5.74) is 2.97. The third-order valence-electron chi connectivity index (χ3n) is 3.62. The number of benzene rings is 2. The molecule has 2 aromatic carbocycles. The Hall–Kier alpha value is -3.36. The van der Waals surface area contributed by atoms with E-state index in [1.165, 1.54) is 24.4 Å². The van der Waals surface area contributed by atoms with Crippen LogP contribution in [0.1, 0.15) is 5.76 Å². The Morgan fingerprint density at radius 1 is 1.17 bits per heavy atom. The van der Waals surface area contributed by atoms with Gasteiger partial charge in [0.25, 0.3) is 11.6 Å². The second-order valence-corrected chi connectivity index (χ2v) is 6.51. The Labute approximate surface area is 174 Å². The molecule has 0 atom stereocenters. The molecule has 29 heavy (non-hydrogen) atoms. The van der Waals surface area contributed by atoms with E-state index in [0.29, 0.717) is 32.9 Å². The van der Waals surface area contributed by atoms with Gasteiger partial charge in [0.15, 0.2) is 6.61 Å². The average molecular weight is 434 g/mol. The molecule has 0 unspecified atom stereocenters. The maximum atomic E-state index is 11.8. The molecular formula is C19H13Cl2N3O5. The highest BCUT2D eigenvalue weighted by Crippen LogP contribution is 2.27. The first-order chi connectivity index (χ1) is 13.9. The number of hydrogen-bond acceptors (Lipinski definition) is 6. The van der Waals surface area contributed by atoms with Gasteiger partial charge in [0.05, 0.1) is 16.2 Å². The second-order valence-electron chi connectivity index (χ2n) is 5.66. The second kappa shape index (κ2) is 9.22. The van der Waals surface area contributed by atoms with E-state index < -0.39 is 10.8 Å². The Bertz CT molecular complexity index is 1060. The van der Waals surface area contributed by atoms with E-state index in [4.69, 9.17) is 32.4 Å². The number of hydrogen-bond donors (Lipinski definition) is 1. The zero-order chi connectivity index (χ0) is 20.8. The number of ether oxygens (including phenoxy) is 1. The minimum Gasteiger partial charge on any atom is -0.482 e. The first-order valence-corrected chi connectivity index (χ1v) is 8.92. The monoisotopic (exact) mass is 433 g/mol. The smallest absolute Gasteiger partial charge is 0.277 e. The summed E-state index contributed by atoms with van der Waals surface area (Å²) >= 11 is 11.8. The van der Waals surface area contributed by atoms with E-state index in [-0.39, 0.29) is 12.3 Å². The van der Waals surface area contributed by atoms with Crippen molar-refractivity contribution in [3.8, 4) is 17.1 Å². The predicted molar refractivity (Wildman–Crippen MR) is 108 cm³/mol. The van der Waals surface area contributed by atoms with Crippen LogP contribution in [-0.4, -0.2) is 23.7 Å². The predicted octanol–water partition coefficient (Wildman–Crippen LogP) is 4.69. The zero-order valence-corrected chi connectivity index (χ0v) is 16.2. The lowest BCUT2D eigenvalue weighted by atomic mass is 10.1. The van der Waals surface area contributed by atoms with Gasteiger partial charge in [0, 0.05) is 22.7 Å². The van der Waals surface area contributed by atoms with Crippen molar-refractivity contribution in [2.24, 2.45) is 5.10 Å². The average Bonchev–Trinajstić information content (AvgIpc) is 3.16. The van der Waals surface area contributed by atoms with Gasteiger partial charge in [-0.05, 0) is 42.5 Å². The normalized spacial score (nSPS) is 10.8. The molecule has 10 heteroatoms. The molecule has 0 saturated heterocycles. The van der Waals surface area contributed by atoms with Crippen LogP contribution in [0.25, 0.3) is 11.3 Å². The van der Waals surface area contributed by atoms with Crippen LogP contribution in [-0.2, 0) is 4.79 Å². The van der Waals surface area contributed by atoms with E-state index in [1.807, 2.05) is 0 Å². The summed E-state index contributed by atoms with van der Waals surface area (Å²) in [4.78, 5) is 22.0. The maximum absolute atomic E-state index is 11.8. The Morgan fingerprint density at radius 3 is 2.62 bits per heavy atom. The molecule has 0 aliphatic rings. The summed E-state index contributed by atoms with van der Waals surface area (Å²) < 4.78 is 10.9. The van der Waals surface area contributed by atoms with Crippen LogP contribution in [0.5, 0.6) is 5.75 Å². The van der Waals surface area contributed by atoms with Crippen molar-refractivity contribution in [2.75, 3.05) is 6.61 Å². The van der Waals surface area contributed by atoms with Crippen molar-refractivity contribution >= 4 is 41.0 Å². The lowest BCUT2D eigenvalue weighted by Crippen LogP contribution is -2.24. The summed E-state index contributed by atoms with van der Waals surface area (Å²) in [6.07, 6.45) is 1.32. The fraction of sp³-hybridized carbons (Fsp3) is 0.0526. The topological polar surface area (TPSA) is 107 Å². The number of nitro benzene ring substituents is 1. The third kappa shape index (κ3) is 5.56. The van der Waals surface area contributed by atoms with Gasteiger partial charge in [-0.15, -0.1) is 0 Å². The van der Waals surface area contributed by atoms with E-state index in [9.17, 15) is 14.9 Å². The van der Waals surface area contributed by atoms with Gasteiger partial charge < -0.3 is 9.15 Å². The number of carbonyl (C=O) groups excluding carboxylic acids is 1. The largest absolute Gasteiger partial charge is 0.482 e. The third-order valence-corrected chi connectivity index (χ3v) is 4.15. The van der Waals surface area contributed by atoms with Gasteiger partial charge in [-0.25, -0.2) is 5.43 Å². The van der Waals surface area contributed by atoms with Gasteiger partial charge in [-0.2, -0.15) is 5.10 Å². The maximum Gasteiger partial charge on any atom is 0.277 e. The van der Waals surface area contributed by atoms with Crippen LogP contribution in [0.15, 0.2) is 64.1 Å². The summed E-state index contributed by atoms with van der Waals surface area (Å²) in [5, 5.41) is 15.2. The minimum absolute atomic E-state index is 0.00749. The molecule has 0 fully saturated rings. The van der Waals surface area contributed by atoms with Crippen LogP contribution < -0.4 is 10.2 Å². The summed E-state index contributed by atoms with van der Waals surface area (Å²) in [5.74, 6) is 0.733. The molecule has 0 spiro atoms. The SMILES string of the molecule is O=C(COc1ccc(Cl)cc1Cl)NN=Cc1ccc(-c2ccc([N+](=O)[O-])cc2)o1. The van der Waals surface area contributed by atoms with Gasteiger partial charge >= 0.3 is 0 Å². The molecule has 0 bridgehead atoms. The number of halogens is 2. The van der Waals surface area contributed by atoms with Crippen molar-refractivity contribution in [3.05, 3.63) is 80.5 Å². The van der Waals surface area contributed by atoms with E-state index in [0.717, 1.165) is 0 Å². The van der Waals surface area contributed by atoms with Crippen molar-refractivity contribution in [3.63, 3.8) is 0 Å². The Kier molecular flexibility index (Phi) is 6.48. The molecular weight excluding hydrogens is 421 g/mol. The van der Waals surface area contributed by atoms with Crippen molar-refractivity contribution < 1.29 is 18.9 Å². The number of non-ortho nitro benzene ring substituents is 1. The van der Waals surface area contributed by atoms with Crippen molar-refractivity contribution in [2.45, 2.75) is 0 Å². The van der Waals surface area contributed by atoms with Gasteiger partial charge in [-0.3, -0.25) is 14.9 Å². The van der Waals surface area contributed by atoms with Gasteiger partial charge in [0.1, 0.15) is 17.3 Å². The first kappa shape index (κ1) is 20.4. The number of furan rings is 1. The molecule has 1 heterocycles. The van der Waals surface area contributed by atoms with E-state index >= 15 is 0 Å². The first-order valence-electron chi connectivity index (χ1n) is 8.17. The van der Waals surface area contributed by atoms with Crippen LogP contribution in [0, 0.1) is 10.1 Å². The molecule has 0 radical (unpaired) electrons.